The third-order valence-corrected chi connectivity index (χ3v) is 11.8. The minimum absolute atomic E-state index is 0.0344. The Morgan fingerprint density at radius 1 is 0.367 bits per heavy atom. The van der Waals surface area contributed by atoms with Gasteiger partial charge in [0.05, 0.1) is 0 Å². The van der Waals surface area contributed by atoms with Crippen molar-refractivity contribution < 1.29 is 4.74 Å². The molecule has 2 aliphatic rings. The summed E-state index contributed by atoms with van der Waals surface area (Å²) in [5.41, 5.74) is 18.6. The number of hydrogen-bond donors (Lipinski definition) is 0. The minimum Gasteiger partial charge on any atom is -0.456 e. The summed E-state index contributed by atoms with van der Waals surface area (Å²) < 4.78 is 7.54. The lowest BCUT2D eigenvalue weighted by Gasteiger charge is -2.28. The van der Waals surface area contributed by atoms with Gasteiger partial charge in [0.15, 0.2) is 0 Å². The molecule has 0 bridgehead atoms. The van der Waals surface area contributed by atoms with E-state index in [9.17, 15) is 0 Å². The highest BCUT2D eigenvalue weighted by atomic mass is 16.5. The highest BCUT2D eigenvalue weighted by Gasteiger charge is 2.43. The van der Waals surface area contributed by atoms with Gasteiger partial charge >= 0.3 is 0 Å². The molecule has 0 saturated carbocycles. The van der Waals surface area contributed by atoms with E-state index in [4.69, 9.17) is 4.74 Å². The van der Waals surface area contributed by atoms with Crippen LogP contribution in [0.1, 0.15) is 166 Å². The predicted octanol–water partition coefficient (Wildman–Crippen LogP) is 13.9. The molecule has 1 nitrogen and oxygen atoms in total. The average Bonchev–Trinajstić information content (AvgIpc) is 3.31. The van der Waals surface area contributed by atoms with Gasteiger partial charge in [-0.3, -0.25) is 0 Å². The van der Waals surface area contributed by atoms with Crippen molar-refractivity contribution in [2.24, 2.45) is 0 Å². The Balaban J connectivity index is 1.69. The molecular formula is C48H62O. The van der Waals surface area contributed by atoms with Gasteiger partial charge in [0.2, 0.25) is 0 Å². The molecule has 0 amide bonds. The van der Waals surface area contributed by atoms with E-state index < -0.39 is 0 Å². The molecule has 260 valence electrons. The van der Waals surface area contributed by atoms with Crippen molar-refractivity contribution in [1.29, 1.82) is 0 Å². The zero-order chi connectivity index (χ0) is 36.6. The van der Waals surface area contributed by atoms with Crippen LogP contribution in [0.2, 0.25) is 0 Å². The maximum Gasteiger partial charge on any atom is 0.135 e. The quantitative estimate of drug-likeness (QED) is 0.209. The lowest BCUT2D eigenvalue weighted by atomic mass is 9.77. The Morgan fingerprint density at radius 2 is 0.612 bits per heavy atom. The maximum atomic E-state index is 7.54. The van der Waals surface area contributed by atoms with Crippen molar-refractivity contribution in [2.75, 3.05) is 0 Å². The number of benzene rings is 4. The van der Waals surface area contributed by atoms with Gasteiger partial charge in [0.25, 0.3) is 0 Å². The fourth-order valence-corrected chi connectivity index (χ4v) is 8.26. The highest BCUT2D eigenvalue weighted by molar-refractivity contribution is 5.91. The van der Waals surface area contributed by atoms with Gasteiger partial charge in [-0.1, -0.05) is 147 Å². The molecule has 0 aliphatic heterocycles. The highest BCUT2D eigenvalue weighted by Crippen LogP contribution is 2.59. The first-order valence-corrected chi connectivity index (χ1v) is 18.5. The number of fused-ring (bicyclic) bond motifs is 6. The van der Waals surface area contributed by atoms with Crippen molar-refractivity contribution in [2.45, 2.75) is 157 Å². The second kappa shape index (κ2) is 10.6. The summed E-state index contributed by atoms with van der Waals surface area (Å²) in [6, 6.07) is 19.5. The summed E-state index contributed by atoms with van der Waals surface area (Å²) in [6.07, 6.45) is 0. The van der Waals surface area contributed by atoms with Gasteiger partial charge < -0.3 is 4.74 Å². The third kappa shape index (κ3) is 5.59. The molecule has 0 N–H and O–H groups in total. The van der Waals surface area contributed by atoms with Crippen molar-refractivity contribution >= 4 is 0 Å². The lowest BCUT2D eigenvalue weighted by Crippen LogP contribution is -2.19. The van der Waals surface area contributed by atoms with E-state index in [1.807, 2.05) is 0 Å². The molecule has 0 heterocycles. The van der Waals surface area contributed by atoms with Crippen LogP contribution in [0.25, 0.3) is 22.3 Å². The molecule has 0 saturated heterocycles. The SMILES string of the molecule is Cc1cc(C(C)(C)C)cc2c1-c1c(Oc3cc(C(C)(C)C)cc4c3-c3c(C)cc(C(C)(C)C)cc3C4(C)C)cc(C(C)(C)C)cc1C2(C)C. The number of rotatable bonds is 2. The van der Waals surface area contributed by atoms with Crippen LogP contribution in [-0.4, -0.2) is 0 Å². The molecule has 0 radical (unpaired) electrons. The van der Waals surface area contributed by atoms with E-state index >= 15 is 0 Å². The summed E-state index contributed by atoms with van der Waals surface area (Å²) in [7, 11) is 0. The Morgan fingerprint density at radius 3 is 0.878 bits per heavy atom. The van der Waals surface area contributed by atoms with E-state index in [-0.39, 0.29) is 32.5 Å². The van der Waals surface area contributed by atoms with Crippen LogP contribution in [-0.2, 0) is 32.5 Å². The number of hydrogen-bond acceptors (Lipinski definition) is 1. The summed E-state index contributed by atoms with van der Waals surface area (Å²) in [4.78, 5) is 0. The Labute approximate surface area is 298 Å². The fraction of sp³-hybridized carbons (Fsp3) is 0.500. The van der Waals surface area contributed by atoms with E-state index in [2.05, 4.69) is 173 Å². The molecule has 4 aromatic rings. The second-order valence-electron chi connectivity index (χ2n) is 20.6. The van der Waals surface area contributed by atoms with Crippen molar-refractivity contribution in [3.63, 3.8) is 0 Å². The van der Waals surface area contributed by atoms with Crippen molar-refractivity contribution in [3.05, 3.63) is 104 Å². The Hall–Kier alpha value is -3.32. The van der Waals surface area contributed by atoms with Crippen LogP contribution in [0.3, 0.4) is 0 Å². The molecule has 4 aromatic carbocycles. The Kier molecular flexibility index (Phi) is 7.68. The topological polar surface area (TPSA) is 9.23 Å². The zero-order valence-corrected chi connectivity index (χ0v) is 34.0. The van der Waals surface area contributed by atoms with Crippen LogP contribution in [0, 0.1) is 13.8 Å². The van der Waals surface area contributed by atoms with Crippen molar-refractivity contribution in [1.82, 2.24) is 0 Å². The van der Waals surface area contributed by atoms with Crippen LogP contribution in [0.15, 0.2) is 48.5 Å². The second-order valence-corrected chi connectivity index (χ2v) is 20.6. The smallest absolute Gasteiger partial charge is 0.135 e. The average molecular weight is 655 g/mol. The van der Waals surface area contributed by atoms with E-state index in [0.717, 1.165) is 11.5 Å². The third-order valence-electron chi connectivity index (χ3n) is 11.8. The van der Waals surface area contributed by atoms with Gasteiger partial charge in [-0.05, 0) is 114 Å². The molecule has 0 unspecified atom stereocenters. The van der Waals surface area contributed by atoms with Gasteiger partial charge in [0, 0.05) is 22.0 Å². The zero-order valence-electron chi connectivity index (χ0n) is 34.0. The van der Waals surface area contributed by atoms with E-state index in [1.165, 1.54) is 77.9 Å². The number of ether oxygens (including phenoxy) is 1. The van der Waals surface area contributed by atoms with Crippen molar-refractivity contribution in [3.8, 4) is 33.8 Å². The summed E-state index contributed by atoms with van der Waals surface area (Å²) in [5, 5.41) is 0. The first kappa shape index (κ1) is 35.5. The first-order chi connectivity index (χ1) is 22.1. The summed E-state index contributed by atoms with van der Waals surface area (Å²) >= 11 is 0. The van der Waals surface area contributed by atoms with Crippen LogP contribution >= 0.6 is 0 Å². The molecular weight excluding hydrogens is 593 g/mol. The fourth-order valence-electron chi connectivity index (χ4n) is 8.26. The summed E-state index contributed by atoms with van der Waals surface area (Å²) in [5.74, 6) is 1.95. The molecule has 6 rings (SSSR count). The minimum atomic E-state index is -0.153. The van der Waals surface area contributed by atoms with Gasteiger partial charge in [-0.2, -0.15) is 0 Å². The standard InChI is InChI=1S/C48H62O/c1-27-19-29(43(3,4)5)21-33-39(27)41-35(47(33,15)16)23-31(45(9,10)11)25-37(41)49-38-26-32(46(12,13)14)24-36-42(38)40-28(2)20-30(44(6,7)8)22-34(40)48(36,17)18/h19-26H,1-18H3. The van der Waals surface area contributed by atoms with E-state index in [1.54, 1.807) is 0 Å². The molecule has 49 heavy (non-hydrogen) atoms. The Bertz CT molecular complexity index is 1870. The van der Waals surface area contributed by atoms with Crippen LogP contribution in [0.5, 0.6) is 11.5 Å². The van der Waals surface area contributed by atoms with Crippen LogP contribution in [0.4, 0.5) is 0 Å². The molecule has 2 aliphatic carbocycles. The largest absolute Gasteiger partial charge is 0.456 e. The van der Waals surface area contributed by atoms with Gasteiger partial charge in [-0.15, -0.1) is 0 Å². The molecule has 0 atom stereocenters. The number of aryl methyl sites for hydroxylation is 2. The molecule has 0 spiro atoms. The van der Waals surface area contributed by atoms with Gasteiger partial charge in [0.1, 0.15) is 11.5 Å². The van der Waals surface area contributed by atoms with Crippen LogP contribution < -0.4 is 4.74 Å². The molecule has 0 fully saturated rings. The predicted molar refractivity (Wildman–Crippen MR) is 212 cm³/mol. The normalized spacial score (nSPS) is 16.3. The van der Waals surface area contributed by atoms with Gasteiger partial charge in [-0.25, -0.2) is 0 Å². The monoisotopic (exact) mass is 654 g/mol. The van der Waals surface area contributed by atoms with E-state index in [0.29, 0.717) is 0 Å². The molecule has 1 heteroatoms. The molecule has 0 aromatic heterocycles. The maximum absolute atomic E-state index is 7.54. The lowest BCUT2D eigenvalue weighted by molar-refractivity contribution is 0.475. The summed E-state index contributed by atoms with van der Waals surface area (Å²) in [6.45, 7) is 42.1. The first-order valence-electron chi connectivity index (χ1n) is 18.5.